The molecule has 2 aromatic heterocycles. The Labute approximate surface area is 118 Å². The van der Waals surface area contributed by atoms with E-state index in [1.807, 2.05) is 0 Å². The smallest absolute Gasteiger partial charge is 0.277 e. The fourth-order valence-corrected chi connectivity index (χ4v) is 3.29. The Bertz CT molecular complexity index is 639. The van der Waals surface area contributed by atoms with Crippen molar-refractivity contribution in [3.8, 4) is 0 Å². The molecule has 1 N–H and O–H groups in total. The monoisotopic (exact) mass is 357 g/mol. The van der Waals surface area contributed by atoms with Gasteiger partial charge in [-0.2, -0.15) is 5.10 Å². The standard InChI is InChI=1S/C10H13BIN5O/c11-16-3-1-2-6(4-16)9-15-8(12)7-10(18)13-5-14-17(7)9/h5-6H,1-4,11H2,(H,13,14,18). The van der Waals surface area contributed by atoms with Gasteiger partial charge >= 0.3 is 0 Å². The maximum Gasteiger partial charge on any atom is 0.277 e. The van der Waals surface area contributed by atoms with Gasteiger partial charge in [0.15, 0.2) is 13.5 Å². The van der Waals surface area contributed by atoms with Gasteiger partial charge in [-0.3, -0.25) is 4.79 Å². The second-order valence-electron chi connectivity index (χ2n) is 4.74. The fraction of sp³-hybridized carbons (Fsp3) is 0.500. The highest BCUT2D eigenvalue weighted by Crippen LogP contribution is 2.26. The number of H-pyrrole nitrogens is 1. The molecule has 1 atom stereocenters. The second kappa shape index (κ2) is 4.65. The number of nitrogens with one attached hydrogen (secondary N) is 1. The highest BCUT2D eigenvalue weighted by atomic mass is 127. The molecule has 0 spiro atoms. The Morgan fingerprint density at radius 3 is 3.17 bits per heavy atom. The van der Waals surface area contributed by atoms with Crippen LogP contribution in [-0.4, -0.2) is 45.5 Å². The summed E-state index contributed by atoms with van der Waals surface area (Å²) in [6.45, 7) is 2.11. The molecule has 0 radical (unpaired) electrons. The minimum absolute atomic E-state index is 0.127. The van der Waals surface area contributed by atoms with E-state index in [1.54, 1.807) is 4.52 Å². The number of halogens is 1. The van der Waals surface area contributed by atoms with E-state index in [1.165, 1.54) is 6.33 Å². The number of hydrogen-bond donors (Lipinski definition) is 1. The third-order valence-electron chi connectivity index (χ3n) is 3.41. The molecule has 0 aromatic carbocycles. The topological polar surface area (TPSA) is 66.3 Å². The lowest BCUT2D eigenvalue weighted by Crippen LogP contribution is -2.33. The zero-order chi connectivity index (χ0) is 12.7. The van der Waals surface area contributed by atoms with Crippen LogP contribution in [0.2, 0.25) is 0 Å². The summed E-state index contributed by atoms with van der Waals surface area (Å²) in [5, 5.41) is 4.24. The number of imidazole rings is 1. The molecule has 3 rings (SSSR count). The van der Waals surface area contributed by atoms with Crippen LogP contribution in [0.25, 0.3) is 5.52 Å². The van der Waals surface area contributed by atoms with Crippen molar-refractivity contribution in [3.05, 3.63) is 26.2 Å². The molecule has 1 fully saturated rings. The van der Waals surface area contributed by atoms with Crippen LogP contribution in [0, 0.1) is 3.70 Å². The molecule has 3 heterocycles. The lowest BCUT2D eigenvalue weighted by molar-refractivity contribution is 0.321. The number of rotatable bonds is 1. The minimum Gasteiger partial charge on any atom is -0.348 e. The van der Waals surface area contributed by atoms with Crippen molar-refractivity contribution in [3.63, 3.8) is 0 Å². The Hall–Kier alpha value is -0.895. The summed E-state index contributed by atoms with van der Waals surface area (Å²) in [7, 11) is 2.12. The first-order valence-corrected chi connectivity index (χ1v) is 7.05. The summed E-state index contributed by atoms with van der Waals surface area (Å²) in [5.74, 6) is 1.26. The van der Waals surface area contributed by atoms with E-state index in [4.69, 9.17) is 0 Å². The van der Waals surface area contributed by atoms with Crippen LogP contribution >= 0.6 is 22.6 Å². The Morgan fingerprint density at radius 2 is 2.39 bits per heavy atom. The highest BCUT2D eigenvalue weighted by Gasteiger charge is 2.25. The first-order chi connectivity index (χ1) is 8.66. The van der Waals surface area contributed by atoms with Gasteiger partial charge in [-0.05, 0) is 48.5 Å². The lowest BCUT2D eigenvalue weighted by Gasteiger charge is -2.28. The van der Waals surface area contributed by atoms with Crippen molar-refractivity contribution in [2.24, 2.45) is 0 Å². The molecule has 0 saturated carbocycles. The normalized spacial score (nSPS) is 21.5. The fourth-order valence-electron chi connectivity index (χ4n) is 2.56. The summed E-state index contributed by atoms with van der Waals surface area (Å²) in [5.41, 5.74) is 0.429. The molecule has 1 unspecified atom stereocenters. The first kappa shape index (κ1) is 12.2. The summed E-state index contributed by atoms with van der Waals surface area (Å²) < 4.78 is 2.43. The molecule has 1 aliphatic rings. The third kappa shape index (κ3) is 1.97. The van der Waals surface area contributed by atoms with Crippen LogP contribution in [0.4, 0.5) is 0 Å². The van der Waals surface area contributed by atoms with Gasteiger partial charge in [0.2, 0.25) is 0 Å². The van der Waals surface area contributed by atoms with Crippen LogP contribution in [0.1, 0.15) is 24.6 Å². The molecular weight excluding hydrogens is 344 g/mol. The molecule has 18 heavy (non-hydrogen) atoms. The number of fused-ring (bicyclic) bond motifs is 1. The van der Waals surface area contributed by atoms with Gasteiger partial charge in [0.1, 0.15) is 15.9 Å². The van der Waals surface area contributed by atoms with Crippen molar-refractivity contribution >= 4 is 36.1 Å². The molecule has 1 saturated heterocycles. The van der Waals surface area contributed by atoms with Crippen LogP contribution < -0.4 is 5.56 Å². The van der Waals surface area contributed by atoms with E-state index in [0.717, 1.165) is 35.5 Å². The molecule has 0 bridgehead atoms. The largest absolute Gasteiger partial charge is 0.348 e. The predicted molar refractivity (Wildman–Crippen MR) is 78.4 cm³/mol. The number of piperidine rings is 1. The van der Waals surface area contributed by atoms with Crippen molar-refractivity contribution in [1.82, 2.24) is 24.4 Å². The van der Waals surface area contributed by atoms with E-state index in [-0.39, 0.29) is 5.56 Å². The number of hydrogen-bond acceptors (Lipinski definition) is 4. The molecule has 6 nitrogen and oxygen atoms in total. The van der Waals surface area contributed by atoms with E-state index >= 15 is 0 Å². The van der Waals surface area contributed by atoms with Crippen molar-refractivity contribution < 1.29 is 0 Å². The van der Waals surface area contributed by atoms with Gasteiger partial charge < -0.3 is 9.79 Å². The molecule has 1 aliphatic heterocycles. The summed E-state index contributed by atoms with van der Waals surface area (Å²) in [6, 6.07) is 0. The van der Waals surface area contributed by atoms with Gasteiger partial charge in [0, 0.05) is 5.92 Å². The average Bonchev–Trinajstić information content (AvgIpc) is 2.68. The Kier molecular flexibility index (Phi) is 3.14. The zero-order valence-corrected chi connectivity index (χ0v) is 12.2. The SMILES string of the molecule is BN1CCCC(c2nc(I)c3c(=O)[nH]cnn23)C1. The van der Waals surface area contributed by atoms with Gasteiger partial charge in [0.05, 0.1) is 0 Å². The van der Waals surface area contributed by atoms with Crippen molar-refractivity contribution in [2.75, 3.05) is 13.1 Å². The third-order valence-corrected chi connectivity index (χ3v) is 4.16. The predicted octanol–water partition coefficient (Wildman–Crippen LogP) is -0.250. The average molecular weight is 357 g/mol. The van der Waals surface area contributed by atoms with Crippen molar-refractivity contribution in [2.45, 2.75) is 18.8 Å². The number of aromatic nitrogens is 4. The maximum atomic E-state index is 11.8. The highest BCUT2D eigenvalue weighted by molar-refractivity contribution is 14.1. The quantitative estimate of drug-likeness (QED) is 0.565. The Balaban J connectivity index is 2.12. The summed E-state index contributed by atoms with van der Waals surface area (Å²) in [4.78, 5) is 21.2. The Morgan fingerprint density at radius 1 is 1.56 bits per heavy atom. The molecule has 8 heteroatoms. The lowest BCUT2D eigenvalue weighted by atomic mass is 9.95. The maximum absolute atomic E-state index is 11.8. The van der Waals surface area contributed by atoms with Crippen molar-refractivity contribution in [1.29, 1.82) is 0 Å². The number of aromatic amines is 1. The van der Waals surface area contributed by atoms with E-state index in [0.29, 0.717) is 11.4 Å². The first-order valence-electron chi connectivity index (χ1n) is 5.97. The minimum atomic E-state index is -0.127. The van der Waals surface area contributed by atoms with Gasteiger partial charge in [-0.1, -0.05) is 0 Å². The van der Waals surface area contributed by atoms with E-state index in [2.05, 4.69) is 50.4 Å². The number of nitrogens with zero attached hydrogens (tertiary/aromatic N) is 4. The zero-order valence-electron chi connectivity index (χ0n) is 10.1. The van der Waals surface area contributed by atoms with Crippen LogP contribution in [0.5, 0.6) is 0 Å². The summed E-state index contributed by atoms with van der Waals surface area (Å²) >= 11 is 2.10. The summed E-state index contributed by atoms with van der Waals surface area (Å²) in [6.07, 6.45) is 3.70. The second-order valence-corrected chi connectivity index (χ2v) is 5.76. The van der Waals surface area contributed by atoms with Crippen LogP contribution in [0.3, 0.4) is 0 Å². The van der Waals surface area contributed by atoms with Crippen LogP contribution in [0.15, 0.2) is 11.1 Å². The van der Waals surface area contributed by atoms with E-state index < -0.39 is 0 Å². The van der Waals surface area contributed by atoms with E-state index in [9.17, 15) is 4.79 Å². The van der Waals surface area contributed by atoms with Gasteiger partial charge in [-0.15, -0.1) is 0 Å². The van der Waals surface area contributed by atoms with Gasteiger partial charge in [-0.25, -0.2) is 9.50 Å². The molecule has 0 amide bonds. The van der Waals surface area contributed by atoms with Gasteiger partial charge in [0.25, 0.3) is 5.56 Å². The molecule has 94 valence electrons. The molecular formula is C10H13BIN5O. The molecule has 0 aliphatic carbocycles. The van der Waals surface area contributed by atoms with Crippen LogP contribution in [-0.2, 0) is 0 Å². The molecule has 2 aromatic rings.